The molecule has 0 fully saturated rings. The molecular weight excluding hydrogens is 584 g/mol. The Labute approximate surface area is 250 Å². The number of ether oxygens (including phenoxy) is 3. The quantitative estimate of drug-likeness (QED) is 0.117. The molecule has 12 nitrogen and oxygen atoms in total. The summed E-state index contributed by atoms with van der Waals surface area (Å²) in [6, 6.07) is 6.65. The van der Waals surface area contributed by atoms with Crippen LogP contribution in [0.2, 0.25) is 0 Å². The molecule has 2 aromatic rings. The van der Waals surface area contributed by atoms with Crippen molar-refractivity contribution in [2.45, 2.75) is 84.4 Å². The van der Waals surface area contributed by atoms with E-state index in [0.717, 1.165) is 30.3 Å². The summed E-state index contributed by atoms with van der Waals surface area (Å²) < 4.78 is 51.2. The predicted octanol–water partition coefficient (Wildman–Crippen LogP) is 4.24. The lowest BCUT2D eigenvalue weighted by molar-refractivity contribution is -0.152. The third kappa shape index (κ3) is 13.3. The zero-order valence-corrected chi connectivity index (χ0v) is 25.9. The Morgan fingerprint density at radius 3 is 2.30 bits per heavy atom. The molecule has 0 bridgehead atoms. The normalized spacial score (nSPS) is 14.0. The molecule has 14 heteroatoms. The summed E-state index contributed by atoms with van der Waals surface area (Å²) in [5, 5.41) is 2.62. The number of aryl methyl sites for hydroxylation is 1. The molecule has 2 rings (SSSR count). The molecule has 0 radical (unpaired) electrons. The van der Waals surface area contributed by atoms with Gasteiger partial charge in [-0.2, -0.15) is 0 Å². The number of aromatic amines is 1. The summed E-state index contributed by atoms with van der Waals surface area (Å²) in [7, 11) is -4.18. The van der Waals surface area contributed by atoms with Crippen molar-refractivity contribution in [1.29, 1.82) is 0 Å². The molecule has 1 aromatic heterocycles. The number of nitrogens with zero attached hydrogens (tertiary/aromatic N) is 1. The number of hydrogen-bond donors (Lipinski definition) is 2. The highest BCUT2D eigenvalue weighted by atomic mass is 31.2. The van der Waals surface area contributed by atoms with Crippen LogP contribution in [-0.4, -0.2) is 59.9 Å². The van der Waals surface area contributed by atoms with Crippen LogP contribution in [0.3, 0.4) is 0 Å². The smallest absolute Gasteiger partial charge is 0.342 e. The first-order valence-electron chi connectivity index (χ1n) is 14.5. The standard InChI is InChI=1S/C29H43FN3O9P/c1-4-6-11-15-39-26(34)17-25(28(36)40-16-12-7-5-2)32-43(38,42-23-13-9-8-10-14-23)21-41-24(18-30)20-33-19-22(3)27(35)31-29(33)37/h8-10,13-14,19,24-25H,4-7,11-12,15-18,20-21H2,1-3H3,(H,32,38)(H,31,35,37)/t24?,25-,43?/m0/s1. The molecule has 2 N–H and O–H groups in total. The van der Waals surface area contributed by atoms with Gasteiger partial charge in [0.1, 0.15) is 30.9 Å². The average molecular weight is 628 g/mol. The molecule has 0 aliphatic rings. The molecule has 0 saturated heterocycles. The van der Waals surface area contributed by atoms with E-state index >= 15 is 0 Å². The molecule has 1 aromatic carbocycles. The van der Waals surface area contributed by atoms with Gasteiger partial charge in [0.25, 0.3) is 5.56 Å². The third-order valence-electron chi connectivity index (χ3n) is 6.25. The summed E-state index contributed by atoms with van der Waals surface area (Å²) in [6.07, 6.45) is 3.60. The number of nitrogens with one attached hydrogen (secondary N) is 2. The number of benzene rings is 1. The van der Waals surface area contributed by atoms with E-state index in [2.05, 4.69) is 10.1 Å². The van der Waals surface area contributed by atoms with Crippen LogP contribution < -0.4 is 20.9 Å². The van der Waals surface area contributed by atoms with Gasteiger partial charge in [-0.05, 0) is 31.9 Å². The molecule has 1 heterocycles. The molecule has 0 spiro atoms. The van der Waals surface area contributed by atoms with Gasteiger partial charge in [0, 0.05) is 11.8 Å². The number of rotatable bonds is 21. The topological polar surface area (TPSA) is 155 Å². The molecule has 43 heavy (non-hydrogen) atoms. The average Bonchev–Trinajstić information content (AvgIpc) is 2.98. The first kappa shape index (κ1) is 35.9. The number of unbranched alkanes of at least 4 members (excludes halogenated alkanes) is 4. The number of H-pyrrole nitrogens is 1. The van der Waals surface area contributed by atoms with Crippen LogP contribution in [0.25, 0.3) is 0 Å². The van der Waals surface area contributed by atoms with Crippen LogP contribution in [0.1, 0.15) is 64.4 Å². The van der Waals surface area contributed by atoms with Gasteiger partial charge in [-0.3, -0.25) is 28.5 Å². The Hall–Kier alpha value is -3.28. The summed E-state index contributed by atoms with van der Waals surface area (Å²) in [5.41, 5.74) is -1.10. The van der Waals surface area contributed by atoms with Gasteiger partial charge in [0.2, 0.25) is 0 Å². The lowest BCUT2D eigenvalue weighted by Crippen LogP contribution is -2.41. The SMILES string of the molecule is CCCCCOC(=O)C[C@H](NP(=O)(COC(CF)Cn1cc(C)c(=O)[nH]c1=O)Oc1ccccc1)C(=O)OCCCCC. The number of aromatic nitrogens is 2. The molecule has 0 amide bonds. The zero-order chi connectivity index (χ0) is 31.7. The fraction of sp³-hybridized carbons (Fsp3) is 0.586. The van der Waals surface area contributed by atoms with E-state index < -0.39 is 62.3 Å². The summed E-state index contributed by atoms with van der Waals surface area (Å²) in [5.74, 6) is -1.35. The first-order valence-corrected chi connectivity index (χ1v) is 16.3. The van der Waals surface area contributed by atoms with Crippen LogP contribution in [0.4, 0.5) is 4.39 Å². The van der Waals surface area contributed by atoms with Crippen molar-refractivity contribution in [3.05, 3.63) is 62.9 Å². The summed E-state index contributed by atoms with van der Waals surface area (Å²) in [4.78, 5) is 51.7. The Morgan fingerprint density at radius 1 is 1.02 bits per heavy atom. The van der Waals surface area contributed by atoms with Crippen molar-refractivity contribution in [2.24, 2.45) is 0 Å². The lowest BCUT2D eigenvalue weighted by atomic mass is 10.2. The van der Waals surface area contributed by atoms with Crippen molar-refractivity contribution < 1.29 is 37.3 Å². The second kappa shape index (κ2) is 19.1. The number of halogens is 1. The van der Waals surface area contributed by atoms with Gasteiger partial charge >= 0.3 is 25.1 Å². The maximum Gasteiger partial charge on any atom is 0.342 e. The van der Waals surface area contributed by atoms with Gasteiger partial charge in [-0.25, -0.2) is 14.3 Å². The Morgan fingerprint density at radius 2 is 1.67 bits per heavy atom. The maximum atomic E-state index is 14.1. The largest absolute Gasteiger partial charge is 0.466 e. The van der Waals surface area contributed by atoms with Gasteiger partial charge < -0.3 is 18.7 Å². The van der Waals surface area contributed by atoms with E-state index in [9.17, 15) is 28.1 Å². The molecule has 3 atom stereocenters. The minimum Gasteiger partial charge on any atom is -0.466 e. The highest BCUT2D eigenvalue weighted by Gasteiger charge is 2.36. The van der Waals surface area contributed by atoms with Crippen LogP contribution in [-0.2, 0) is 34.9 Å². The minimum atomic E-state index is -4.18. The van der Waals surface area contributed by atoms with E-state index in [1.165, 1.54) is 25.3 Å². The summed E-state index contributed by atoms with van der Waals surface area (Å²) >= 11 is 0. The number of para-hydroxylation sites is 1. The van der Waals surface area contributed by atoms with E-state index in [0.29, 0.717) is 12.8 Å². The Kier molecular flexibility index (Phi) is 15.9. The number of hydrogen-bond acceptors (Lipinski definition) is 9. The molecule has 0 aliphatic heterocycles. The highest BCUT2D eigenvalue weighted by Crippen LogP contribution is 2.44. The van der Waals surface area contributed by atoms with Gasteiger partial charge in [0.05, 0.1) is 26.2 Å². The van der Waals surface area contributed by atoms with Crippen molar-refractivity contribution >= 4 is 19.5 Å². The maximum absolute atomic E-state index is 14.1. The van der Waals surface area contributed by atoms with E-state index in [1.54, 1.807) is 18.2 Å². The van der Waals surface area contributed by atoms with Gasteiger partial charge in [-0.15, -0.1) is 0 Å². The molecule has 240 valence electrons. The van der Waals surface area contributed by atoms with Crippen molar-refractivity contribution in [3.63, 3.8) is 0 Å². The molecular formula is C29H43FN3O9P. The monoisotopic (exact) mass is 627 g/mol. The lowest BCUT2D eigenvalue weighted by Gasteiger charge is -2.26. The second-order valence-corrected chi connectivity index (χ2v) is 12.1. The van der Waals surface area contributed by atoms with E-state index in [-0.39, 0.29) is 31.1 Å². The van der Waals surface area contributed by atoms with Gasteiger partial charge in [0.15, 0.2) is 0 Å². The second-order valence-electron chi connectivity index (χ2n) is 10.1. The number of carbonyl (C=O) groups excluding carboxylic acids is 2. The molecule has 2 unspecified atom stereocenters. The minimum absolute atomic E-state index is 0.105. The molecule has 0 saturated carbocycles. The van der Waals surface area contributed by atoms with Crippen molar-refractivity contribution in [1.82, 2.24) is 14.6 Å². The number of alkyl halides is 1. The first-order chi connectivity index (χ1) is 20.6. The third-order valence-corrected chi connectivity index (χ3v) is 7.95. The Balaban J connectivity index is 2.26. The fourth-order valence-electron chi connectivity index (χ4n) is 3.87. The predicted molar refractivity (Wildman–Crippen MR) is 159 cm³/mol. The van der Waals surface area contributed by atoms with Crippen molar-refractivity contribution in [3.8, 4) is 5.75 Å². The fourth-order valence-corrected chi connectivity index (χ4v) is 5.59. The van der Waals surface area contributed by atoms with Crippen LogP contribution >= 0.6 is 7.52 Å². The highest BCUT2D eigenvalue weighted by molar-refractivity contribution is 7.57. The van der Waals surface area contributed by atoms with Gasteiger partial charge in [-0.1, -0.05) is 57.7 Å². The van der Waals surface area contributed by atoms with Crippen LogP contribution in [0.15, 0.2) is 46.1 Å². The van der Waals surface area contributed by atoms with E-state index in [1.807, 2.05) is 13.8 Å². The van der Waals surface area contributed by atoms with Crippen LogP contribution in [0, 0.1) is 6.92 Å². The van der Waals surface area contributed by atoms with Crippen molar-refractivity contribution in [2.75, 3.05) is 26.2 Å². The molecule has 0 aliphatic carbocycles. The zero-order valence-electron chi connectivity index (χ0n) is 25.1. The number of esters is 2. The number of carbonyl (C=O) groups is 2. The van der Waals surface area contributed by atoms with E-state index in [4.69, 9.17) is 18.7 Å². The van der Waals surface area contributed by atoms with Crippen LogP contribution in [0.5, 0.6) is 5.75 Å². The Bertz CT molecular complexity index is 1300. The summed E-state index contributed by atoms with van der Waals surface area (Å²) in [6.45, 7) is 4.41.